The van der Waals surface area contributed by atoms with E-state index in [1.807, 2.05) is 19.4 Å². The first kappa shape index (κ1) is 8.72. The van der Waals surface area contributed by atoms with Gasteiger partial charge >= 0.3 is 0 Å². The van der Waals surface area contributed by atoms with E-state index >= 15 is 0 Å². The summed E-state index contributed by atoms with van der Waals surface area (Å²) < 4.78 is 1.77. The van der Waals surface area contributed by atoms with Crippen molar-refractivity contribution in [1.82, 2.24) is 15.1 Å². The van der Waals surface area contributed by atoms with Crippen molar-refractivity contribution in [3.8, 4) is 0 Å². The predicted molar refractivity (Wildman–Crippen MR) is 49.4 cm³/mol. The van der Waals surface area contributed by atoms with E-state index in [1.54, 1.807) is 4.68 Å². The summed E-state index contributed by atoms with van der Waals surface area (Å²) in [6.45, 7) is 3.56. The number of aliphatic hydroxyl groups is 1. The number of rotatable bonds is 1. The minimum absolute atomic E-state index is 0.172. The second-order valence-corrected chi connectivity index (χ2v) is 3.97. The molecule has 1 aliphatic rings. The SMILES string of the molecule is Cn1cc(C2(C)CNCC2O)cn1. The summed E-state index contributed by atoms with van der Waals surface area (Å²) in [5.74, 6) is 0. The molecule has 1 fully saturated rings. The highest BCUT2D eigenvalue weighted by molar-refractivity contribution is 5.23. The zero-order valence-electron chi connectivity index (χ0n) is 7.99. The smallest absolute Gasteiger partial charge is 0.0771 e. The van der Waals surface area contributed by atoms with Gasteiger partial charge in [-0.15, -0.1) is 0 Å². The maximum Gasteiger partial charge on any atom is 0.0771 e. The van der Waals surface area contributed by atoms with E-state index in [9.17, 15) is 5.11 Å². The first-order valence-electron chi connectivity index (χ1n) is 4.51. The molecule has 4 nitrogen and oxygen atoms in total. The Morgan fingerprint density at radius 1 is 1.77 bits per heavy atom. The fourth-order valence-corrected chi connectivity index (χ4v) is 1.82. The molecule has 0 aliphatic carbocycles. The van der Waals surface area contributed by atoms with E-state index in [2.05, 4.69) is 17.3 Å². The molecule has 1 aromatic rings. The first-order valence-corrected chi connectivity index (χ1v) is 4.51. The van der Waals surface area contributed by atoms with Gasteiger partial charge in [-0.05, 0) is 5.56 Å². The van der Waals surface area contributed by atoms with Crippen LogP contribution in [0.25, 0.3) is 0 Å². The molecule has 0 spiro atoms. The molecule has 2 rings (SSSR count). The van der Waals surface area contributed by atoms with Crippen LogP contribution in [0.5, 0.6) is 0 Å². The van der Waals surface area contributed by atoms with Crippen LogP contribution in [0.1, 0.15) is 12.5 Å². The molecular formula is C9H15N3O. The third kappa shape index (κ3) is 1.26. The fraction of sp³-hybridized carbons (Fsp3) is 0.667. The Morgan fingerprint density at radius 2 is 2.54 bits per heavy atom. The molecule has 0 bridgehead atoms. The van der Waals surface area contributed by atoms with Crippen LogP contribution in [-0.4, -0.2) is 34.1 Å². The van der Waals surface area contributed by atoms with Crippen molar-refractivity contribution in [3.05, 3.63) is 18.0 Å². The average Bonchev–Trinajstić information content (AvgIpc) is 2.62. The van der Waals surface area contributed by atoms with Gasteiger partial charge in [0.1, 0.15) is 0 Å². The maximum absolute atomic E-state index is 9.81. The number of aryl methyl sites for hydroxylation is 1. The van der Waals surface area contributed by atoms with Gasteiger partial charge in [-0.1, -0.05) is 6.92 Å². The van der Waals surface area contributed by atoms with E-state index in [0.29, 0.717) is 6.54 Å². The summed E-state index contributed by atoms with van der Waals surface area (Å²) in [6, 6.07) is 0. The van der Waals surface area contributed by atoms with Gasteiger partial charge in [0.25, 0.3) is 0 Å². The lowest BCUT2D eigenvalue weighted by atomic mass is 9.82. The van der Waals surface area contributed by atoms with Crippen LogP contribution < -0.4 is 5.32 Å². The molecule has 2 atom stereocenters. The van der Waals surface area contributed by atoms with Gasteiger partial charge in [0.2, 0.25) is 0 Å². The molecular weight excluding hydrogens is 166 g/mol. The molecule has 0 aromatic carbocycles. The number of nitrogens with zero attached hydrogens (tertiary/aromatic N) is 2. The molecule has 2 N–H and O–H groups in total. The van der Waals surface area contributed by atoms with Crippen LogP contribution in [0.3, 0.4) is 0 Å². The monoisotopic (exact) mass is 181 g/mol. The Kier molecular flexibility index (Phi) is 1.89. The highest BCUT2D eigenvalue weighted by Crippen LogP contribution is 2.29. The average molecular weight is 181 g/mol. The Bertz CT molecular complexity index is 310. The molecule has 13 heavy (non-hydrogen) atoms. The number of hydrogen-bond acceptors (Lipinski definition) is 3. The minimum Gasteiger partial charge on any atom is -0.391 e. The maximum atomic E-state index is 9.81. The number of hydrogen-bond donors (Lipinski definition) is 2. The minimum atomic E-state index is -0.309. The van der Waals surface area contributed by atoms with Gasteiger partial charge < -0.3 is 10.4 Å². The van der Waals surface area contributed by atoms with Gasteiger partial charge in [-0.25, -0.2) is 0 Å². The summed E-state index contributed by atoms with van der Waals surface area (Å²) in [6.07, 6.45) is 3.49. The Hall–Kier alpha value is -0.870. The van der Waals surface area contributed by atoms with Crippen molar-refractivity contribution in [2.45, 2.75) is 18.4 Å². The Labute approximate surface area is 77.6 Å². The van der Waals surface area contributed by atoms with E-state index in [4.69, 9.17) is 0 Å². The van der Waals surface area contributed by atoms with Gasteiger partial charge in [-0.3, -0.25) is 4.68 Å². The standard InChI is InChI=1S/C9H15N3O/c1-9(6-10-4-8(9)13)7-3-11-12(2)5-7/h3,5,8,10,13H,4,6H2,1-2H3. The molecule has 2 heterocycles. The van der Waals surface area contributed by atoms with Gasteiger partial charge in [0, 0.05) is 31.7 Å². The van der Waals surface area contributed by atoms with Crippen LogP contribution in [0, 0.1) is 0 Å². The van der Waals surface area contributed by atoms with E-state index in [0.717, 1.165) is 12.1 Å². The highest BCUT2D eigenvalue weighted by Gasteiger charge is 2.39. The third-order valence-electron chi connectivity index (χ3n) is 2.93. The summed E-state index contributed by atoms with van der Waals surface area (Å²) in [5.41, 5.74) is 0.932. The Morgan fingerprint density at radius 3 is 3.00 bits per heavy atom. The number of nitrogens with one attached hydrogen (secondary N) is 1. The molecule has 72 valence electrons. The van der Waals surface area contributed by atoms with Crippen molar-refractivity contribution in [1.29, 1.82) is 0 Å². The van der Waals surface area contributed by atoms with E-state index in [-0.39, 0.29) is 11.5 Å². The zero-order valence-corrected chi connectivity index (χ0v) is 7.99. The van der Waals surface area contributed by atoms with Crippen LogP contribution in [-0.2, 0) is 12.5 Å². The summed E-state index contributed by atoms with van der Waals surface area (Å²) in [5, 5.41) is 17.1. The van der Waals surface area contributed by atoms with Gasteiger partial charge in [-0.2, -0.15) is 5.10 Å². The van der Waals surface area contributed by atoms with E-state index < -0.39 is 0 Å². The summed E-state index contributed by atoms with van der Waals surface area (Å²) >= 11 is 0. The molecule has 1 saturated heterocycles. The topological polar surface area (TPSA) is 50.1 Å². The van der Waals surface area contributed by atoms with Gasteiger partial charge in [0.15, 0.2) is 0 Å². The lowest BCUT2D eigenvalue weighted by molar-refractivity contribution is 0.132. The summed E-state index contributed by atoms with van der Waals surface area (Å²) in [4.78, 5) is 0. The quantitative estimate of drug-likeness (QED) is 0.622. The van der Waals surface area contributed by atoms with Gasteiger partial charge in [0.05, 0.1) is 12.3 Å². The van der Waals surface area contributed by atoms with Crippen LogP contribution in [0.15, 0.2) is 12.4 Å². The van der Waals surface area contributed by atoms with Crippen molar-refractivity contribution in [2.24, 2.45) is 7.05 Å². The molecule has 1 aromatic heterocycles. The van der Waals surface area contributed by atoms with Crippen molar-refractivity contribution >= 4 is 0 Å². The molecule has 0 radical (unpaired) electrons. The predicted octanol–water partition coefficient (Wildman–Crippen LogP) is -0.358. The fourth-order valence-electron chi connectivity index (χ4n) is 1.82. The molecule has 0 amide bonds. The first-order chi connectivity index (χ1) is 6.13. The largest absolute Gasteiger partial charge is 0.391 e. The lowest BCUT2D eigenvalue weighted by Crippen LogP contribution is -2.35. The number of β-amino-alcohol motifs (C(OH)–C–C–N with tert-alkyl or cyclic N) is 1. The molecule has 1 aliphatic heterocycles. The third-order valence-corrected chi connectivity index (χ3v) is 2.93. The highest BCUT2D eigenvalue weighted by atomic mass is 16.3. The summed E-state index contributed by atoms with van der Waals surface area (Å²) in [7, 11) is 1.89. The normalized spacial score (nSPS) is 33.9. The molecule has 2 unspecified atom stereocenters. The Balaban J connectivity index is 2.33. The number of aliphatic hydroxyl groups excluding tert-OH is 1. The second kappa shape index (κ2) is 2.82. The van der Waals surface area contributed by atoms with Crippen molar-refractivity contribution < 1.29 is 5.11 Å². The zero-order chi connectivity index (χ0) is 9.47. The van der Waals surface area contributed by atoms with E-state index in [1.165, 1.54) is 0 Å². The second-order valence-electron chi connectivity index (χ2n) is 3.97. The van der Waals surface area contributed by atoms with Crippen LogP contribution >= 0.6 is 0 Å². The van der Waals surface area contributed by atoms with Crippen molar-refractivity contribution in [3.63, 3.8) is 0 Å². The lowest BCUT2D eigenvalue weighted by Gasteiger charge is -2.25. The molecule has 4 heteroatoms. The molecule has 0 saturated carbocycles. The van der Waals surface area contributed by atoms with Crippen LogP contribution in [0.4, 0.5) is 0 Å². The van der Waals surface area contributed by atoms with Crippen molar-refractivity contribution in [2.75, 3.05) is 13.1 Å². The van der Waals surface area contributed by atoms with Crippen LogP contribution in [0.2, 0.25) is 0 Å². The number of aromatic nitrogens is 2.